The normalized spacial score (nSPS) is 13.2. The van der Waals surface area contributed by atoms with Crippen LogP contribution in [0.4, 0.5) is 0 Å². The Balaban J connectivity index is 2.18. The molecule has 2 aromatic rings. The molecule has 94 valence electrons. The number of benzene rings is 1. The van der Waals surface area contributed by atoms with Crippen molar-refractivity contribution in [2.24, 2.45) is 5.73 Å². The summed E-state index contributed by atoms with van der Waals surface area (Å²) in [5.74, 6) is 1.68. The molecule has 5 heteroatoms. The van der Waals surface area contributed by atoms with Crippen molar-refractivity contribution in [1.82, 2.24) is 4.98 Å². The van der Waals surface area contributed by atoms with Crippen molar-refractivity contribution >= 4 is 11.3 Å². The summed E-state index contributed by atoms with van der Waals surface area (Å²) in [6.45, 7) is 1.16. The maximum absolute atomic E-state index is 5.74. The standard InChI is InChI=1S/C13H14N2O2S/c1-16-8-2-3-10-9(6-8)13-11(4-5-17-10)18-12(7-14)15-13/h2-3,6H,4-5,7,14H2,1H3. The van der Waals surface area contributed by atoms with Gasteiger partial charge < -0.3 is 15.2 Å². The molecule has 0 saturated heterocycles. The molecule has 2 N–H and O–H groups in total. The fourth-order valence-electron chi connectivity index (χ4n) is 2.07. The van der Waals surface area contributed by atoms with Gasteiger partial charge >= 0.3 is 0 Å². The van der Waals surface area contributed by atoms with Gasteiger partial charge in [0.1, 0.15) is 16.5 Å². The topological polar surface area (TPSA) is 57.4 Å². The van der Waals surface area contributed by atoms with Crippen molar-refractivity contribution < 1.29 is 9.47 Å². The SMILES string of the molecule is COc1ccc2c(c1)-c1nc(CN)sc1CCO2. The van der Waals surface area contributed by atoms with Gasteiger partial charge in [-0.05, 0) is 18.2 Å². The van der Waals surface area contributed by atoms with E-state index in [-0.39, 0.29) is 0 Å². The van der Waals surface area contributed by atoms with Crippen LogP contribution in [0.15, 0.2) is 18.2 Å². The monoisotopic (exact) mass is 262 g/mol. The molecule has 0 spiro atoms. The number of hydrogen-bond donors (Lipinski definition) is 1. The summed E-state index contributed by atoms with van der Waals surface area (Å²) in [4.78, 5) is 5.84. The third kappa shape index (κ3) is 1.85. The molecule has 1 aliphatic heterocycles. The van der Waals surface area contributed by atoms with Crippen LogP contribution in [0.3, 0.4) is 0 Å². The van der Waals surface area contributed by atoms with Gasteiger partial charge in [0.15, 0.2) is 0 Å². The molecule has 0 fully saturated rings. The molecule has 2 heterocycles. The summed E-state index contributed by atoms with van der Waals surface area (Å²) < 4.78 is 11.0. The van der Waals surface area contributed by atoms with Crippen LogP contribution in [0.1, 0.15) is 9.88 Å². The minimum atomic E-state index is 0.484. The minimum Gasteiger partial charge on any atom is -0.497 e. The second-order valence-corrected chi connectivity index (χ2v) is 5.21. The Kier molecular flexibility index (Phi) is 2.93. The van der Waals surface area contributed by atoms with Gasteiger partial charge in [-0.2, -0.15) is 0 Å². The third-order valence-electron chi connectivity index (χ3n) is 2.94. The summed E-state index contributed by atoms with van der Waals surface area (Å²) in [6.07, 6.45) is 0.879. The van der Waals surface area contributed by atoms with Crippen molar-refractivity contribution in [3.05, 3.63) is 28.1 Å². The zero-order chi connectivity index (χ0) is 12.5. The number of nitrogens with two attached hydrogens (primary N) is 1. The number of rotatable bonds is 2. The zero-order valence-corrected chi connectivity index (χ0v) is 10.9. The molecule has 0 unspecified atom stereocenters. The highest BCUT2D eigenvalue weighted by atomic mass is 32.1. The van der Waals surface area contributed by atoms with Gasteiger partial charge in [0.2, 0.25) is 0 Å². The second kappa shape index (κ2) is 4.59. The Morgan fingerprint density at radius 3 is 3.17 bits per heavy atom. The van der Waals surface area contributed by atoms with Crippen LogP contribution in [0, 0.1) is 0 Å². The van der Waals surface area contributed by atoms with E-state index in [1.165, 1.54) is 4.88 Å². The van der Waals surface area contributed by atoms with E-state index in [0.717, 1.165) is 34.2 Å². The first-order chi connectivity index (χ1) is 8.81. The van der Waals surface area contributed by atoms with Gasteiger partial charge in [-0.1, -0.05) is 0 Å². The molecule has 1 aliphatic rings. The highest BCUT2D eigenvalue weighted by Crippen LogP contribution is 2.39. The van der Waals surface area contributed by atoms with Gasteiger partial charge in [0, 0.05) is 23.4 Å². The third-order valence-corrected chi connectivity index (χ3v) is 4.08. The van der Waals surface area contributed by atoms with E-state index in [4.69, 9.17) is 15.2 Å². The molecular weight excluding hydrogens is 248 g/mol. The lowest BCUT2D eigenvalue weighted by Crippen LogP contribution is -1.98. The zero-order valence-electron chi connectivity index (χ0n) is 10.1. The maximum Gasteiger partial charge on any atom is 0.129 e. The fourth-order valence-corrected chi connectivity index (χ4v) is 3.01. The molecule has 1 aromatic heterocycles. The molecule has 3 rings (SSSR count). The number of ether oxygens (including phenoxy) is 2. The molecule has 1 aromatic carbocycles. The minimum absolute atomic E-state index is 0.484. The predicted molar refractivity (Wildman–Crippen MR) is 71.2 cm³/mol. The molecule has 0 saturated carbocycles. The van der Waals surface area contributed by atoms with Crippen LogP contribution in [-0.4, -0.2) is 18.7 Å². The molecular formula is C13H14N2O2S. The van der Waals surface area contributed by atoms with E-state index in [2.05, 4.69) is 4.98 Å². The summed E-state index contributed by atoms with van der Waals surface area (Å²) in [5.41, 5.74) is 7.66. The Morgan fingerprint density at radius 2 is 2.39 bits per heavy atom. The Hall–Kier alpha value is -1.59. The lowest BCUT2D eigenvalue weighted by Gasteiger charge is -2.08. The number of fused-ring (bicyclic) bond motifs is 3. The number of thiazole rings is 1. The average molecular weight is 262 g/mol. The Morgan fingerprint density at radius 1 is 1.50 bits per heavy atom. The van der Waals surface area contributed by atoms with E-state index < -0.39 is 0 Å². The largest absolute Gasteiger partial charge is 0.497 e. The van der Waals surface area contributed by atoms with Crippen molar-refractivity contribution in [2.75, 3.05) is 13.7 Å². The van der Waals surface area contributed by atoms with Crippen LogP contribution in [-0.2, 0) is 13.0 Å². The highest BCUT2D eigenvalue weighted by Gasteiger charge is 2.20. The number of aromatic nitrogens is 1. The van der Waals surface area contributed by atoms with Crippen LogP contribution < -0.4 is 15.2 Å². The van der Waals surface area contributed by atoms with E-state index in [0.29, 0.717) is 13.2 Å². The van der Waals surface area contributed by atoms with Crippen molar-refractivity contribution in [3.8, 4) is 22.8 Å². The highest BCUT2D eigenvalue weighted by molar-refractivity contribution is 7.12. The summed E-state index contributed by atoms with van der Waals surface area (Å²) in [5, 5.41) is 0.968. The smallest absolute Gasteiger partial charge is 0.129 e. The maximum atomic E-state index is 5.74. The van der Waals surface area contributed by atoms with Crippen LogP contribution >= 0.6 is 11.3 Å². The van der Waals surface area contributed by atoms with E-state index in [9.17, 15) is 0 Å². The molecule has 0 amide bonds. The molecule has 0 radical (unpaired) electrons. The van der Waals surface area contributed by atoms with Gasteiger partial charge in [-0.3, -0.25) is 0 Å². The van der Waals surface area contributed by atoms with E-state index in [1.807, 2.05) is 18.2 Å². The van der Waals surface area contributed by atoms with Crippen molar-refractivity contribution in [3.63, 3.8) is 0 Å². The first-order valence-corrected chi connectivity index (χ1v) is 6.63. The van der Waals surface area contributed by atoms with Crippen LogP contribution in [0.5, 0.6) is 11.5 Å². The predicted octanol–water partition coefficient (Wildman–Crippen LogP) is 2.21. The lowest BCUT2D eigenvalue weighted by molar-refractivity contribution is 0.326. The summed E-state index contributed by atoms with van der Waals surface area (Å²) in [6, 6.07) is 5.81. The Labute approximate surface area is 109 Å². The van der Waals surface area contributed by atoms with Gasteiger partial charge in [-0.25, -0.2) is 4.98 Å². The number of nitrogens with zero attached hydrogens (tertiary/aromatic N) is 1. The van der Waals surface area contributed by atoms with E-state index in [1.54, 1.807) is 18.4 Å². The lowest BCUT2D eigenvalue weighted by atomic mass is 10.1. The second-order valence-electron chi connectivity index (χ2n) is 4.04. The molecule has 0 atom stereocenters. The van der Waals surface area contributed by atoms with Crippen molar-refractivity contribution in [1.29, 1.82) is 0 Å². The summed E-state index contributed by atoms with van der Waals surface area (Å²) in [7, 11) is 1.66. The van der Waals surface area contributed by atoms with Crippen LogP contribution in [0.2, 0.25) is 0 Å². The quantitative estimate of drug-likeness (QED) is 0.901. The first-order valence-electron chi connectivity index (χ1n) is 5.81. The van der Waals surface area contributed by atoms with Crippen LogP contribution in [0.25, 0.3) is 11.3 Å². The Bertz CT molecular complexity index is 580. The van der Waals surface area contributed by atoms with Gasteiger partial charge in [0.25, 0.3) is 0 Å². The number of hydrogen-bond acceptors (Lipinski definition) is 5. The average Bonchev–Trinajstić information content (AvgIpc) is 2.75. The molecule has 0 aliphatic carbocycles. The van der Waals surface area contributed by atoms with Crippen molar-refractivity contribution in [2.45, 2.75) is 13.0 Å². The summed E-state index contributed by atoms with van der Waals surface area (Å²) >= 11 is 1.67. The van der Waals surface area contributed by atoms with E-state index >= 15 is 0 Å². The number of methoxy groups -OCH3 is 1. The van der Waals surface area contributed by atoms with Gasteiger partial charge in [0.05, 0.1) is 19.4 Å². The molecule has 4 nitrogen and oxygen atoms in total. The molecule has 18 heavy (non-hydrogen) atoms. The fraction of sp³-hybridized carbons (Fsp3) is 0.308. The van der Waals surface area contributed by atoms with Gasteiger partial charge in [-0.15, -0.1) is 11.3 Å². The molecule has 0 bridgehead atoms. The first kappa shape index (κ1) is 11.5.